The van der Waals surface area contributed by atoms with Crippen molar-refractivity contribution in [1.82, 2.24) is 10.2 Å². The molecule has 2 nitrogen and oxygen atoms in total. The maximum atomic E-state index is 3.63. The average molecular weight is 268 g/mol. The number of hydrogen-bond donors (Lipinski definition) is 1. The predicted molar refractivity (Wildman–Crippen MR) is 82.6 cm³/mol. The summed E-state index contributed by atoms with van der Waals surface area (Å²) in [6, 6.07) is 3.45. The normalized spacial score (nSPS) is 15.1. The predicted octanol–water partition coefficient (Wildman–Crippen LogP) is 3.75. The first kappa shape index (κ1) is 15.7. The smallest absolute Gasteiger partial charge is 0.0303 e. The monoisotopic (exact) mass is 268 g/mol. The van der Waals surface area contributed by atoms with E-state index in [2.05, 4.69) is 57.9 Å². The highest BCUT2D eigenvalue weighted by molar-refractivity contribution is 7.12. The van der Waals surface area contributed by atoms with E-state index in [0.29, 0.717) is 12.1 Å². The lowest BCUT2D eigenvalue weighted by Gasteiger charge is -2.24. The fraction of sp³-hybridized carbons (Fsp3) is 0.733. The van der Waals surface area contributed by atoms with Gasteiger partial charge in [-0.3, -0.25) is 0 Å². The fourth-order valence-corrected chi connectivity index (χ4v) is 3.20. The number of nitrogens with zero attached hydrogens (tertiary/aromatic N) is 1. The number of hydrogen-bond acceptors (Lipinski definition) is 3. The van der Waals surface area contributed by atoms with Gasteiger partial charge in [0.05, 0.1) is 0 Å². The molecule has 0 spiro atoms. The number of rotatable bonds is 7. The fourth-order valence-electron chi connectivity index (χ4n) is 2.18. The van der Waals surface area contributed by atoms with Crippen molar-refractivity contribution in [2.24, 2.45) is 0 Å². The molecule has 0 aliphatic heterocycles. The number of nitrogens with one attached hydrogen (secondary N) is 1. The van der Waals surface area contributed by atoms with Crippen LogP contribution >= 0.6 is 11.3 Å². The van der Waals surface area contributed by atoms with E-state index in [1.54, 1.807) is 0 Å². The highest BCUT2D eigenvalue weighted by Gasteiger charge is 2.11. The van der Waals surface area contributed by atoms with Gasteiger partial charge in [0.25, 0.3) is 0 Å². The molecule has 0 radical (unpaired) electrons. The molecule has 1 N–H and O–H groups in total. The minimum Gasteiger partial charge on any atom is -0.309 e. The van der Waals surface area contributed by atoms with Crippen LogP contribution in [0.5, 0.6) is 0 Å². The Balaban J connectivity index is 2.38. The van der Waals surface area contributed by atoms with E-state index in [-0.39, 0.29) is 0 Å². The topological polar surface area (TPSA) is 15.3 Å². The molecule has 0 saturated heterocycles. The van der Waals surface area contributed by atoms with Gasteiger partial charge >= 0.3 is 0 Å². The summed E-state index contributed by atoms with van der Waals surface area (Å²) in [7, 11) is 2.21. The van der Waals surface area contributed by atoms with Crippen LogP contribution in [-0.2, 0) is 0 Å². The maximum absolute atomic E-state index is 3.63. The van der Waals surface area contributed by atoms with E-state index >= 15 is 0 Å². The van der Waals surface area contributed by atoms with Crippen molar-refractivity contribution in [3.05, 3.63) is 21.4 Å². The van der Waals surface area contributed by atoms with E-state index in [1.807, 2.05) is 11.3 Å². The van der Waals surface area contributed by atoms with Gasteiger partial charge in [0.2, 0.25) is 0 Å². The van der Waals surface area contributed by atoms with Crippen LogP contribution in [0.15, 0.2) is 6.07 Å². The van der Waals surface area contributed by atoms with Gasteiger partial charge in [-0.05, 0) is 52.8 Å². The van der Waals surface area contributed by atoms with Crippen molar-refractivity contribution in [3.63, 3.8) is 0 Å². The lowest BCUT2D eigenvalue weighted by atomic mass is 10.1. The molecule has 2 unspecified atom stereocenters. The Labute approximate surface area is 116 Å². The molecule has 0 aromatic carbocycles. The molecule has 1 aromatic heterocycles. The zero-order valence-corrected chi connectivity index (χ0v) is 13.5. The van der Waals surface area contributed by atoms with Gasteiger partial charge in [-0.15, -0.1) is 11.3 Å². The van der Waals surface area contributed by atoms with Crippen LogP contribution < -0.4 is 5.32 Å². The molecule has 104 valence electrons. The van der Waals surface area contributed by atoms with Gasteiger partial charge in [-0.25, -0.2) is 0 Å². The second-order valence-electron chi connectivity index (χ2n) is 5.28. The van der Waals surface area contributed by atoms with Crippen LogP contribution in [0, 0.1) is 13.8 Å². The van der Waals surface area contributed by atoms with Crippen LogP contribution in [0.25, 0.3) is 0 Å². The van der Waals surface area contributed by atoms with Crippen molar-refractivity contribution in [1.29, 1.82) is 0 Å². The van der Waals surface area contributed by atoms with Crippen molar-refractivity contribution in [2.75, 3.05) is 20.1 Å². The molecule has 0 amide bonds. The molecule has 0 bridgehead atoms. The Hall–Kier alpha value is -0.380. The molecule has 2 atom stereocenters. The Kier molecular flexibility index (Phi) is 6.33. The van der Waals surface area contributed by atoms with E-state index in [1.165, 1.54) is 21.7 Å². The molecule has 3 heteroatoms. The summed E-state index contributed by atoms with van der Waals surface area (Å²) in [4.78, 5) is 5.28. The largest absolute Gasteiger partial charge is 0.309 e. The zero-order chi connectivity index (χ0) is 13.7. The van der Waals surface area contributed by atoms with Crippen molar-refractivity contribution in [3.8, 4) is 0 Å². The molecule has 0 fully saturated rings. The minimum absolute atomic E-state index is 0.459. The Morgan fingerprint density at radius 2 is 2.00 bits per heavy atom. The average Bonchev–Trinajstić information content (AvgIpc) is 2.67. The summed E-state index contributed by atoms with van der Waals surface area (Å²) in [5, 5.41) is 3.63. The van der Waals surface area contributed by atoms with Gasteiger partial charge in [0.15, 0.2) is 0 Å². The first-order valence-electron chi connectivity index (χ1n) is 6.96. The summed E-state index contributed by atoms with van der Waals surface area (Å²) in [5.41, 5.74) is 1.46. The summed E-state index contributed by atoms with van der Waals surface area (Å²) < 4.78 is 0. The van der Waals surface area contributed by atoms with Gasteiger partial charge in [-0.1, -0.05) is 6.92 Å². The van der Waals surface area contributed by atoms with Gasteiger partial charge in [0.1, 0.15) is 0 Å². The lowest BCUT2D eigenvalue weighted by Crippen LogP contribution is -2.35. The molecular formula is C15H28N2S. The molecular weight excluding hydrogens is 240 g/mol. The van der Waals surface area contributed by atoms with Crippen molar-refractivity contribution in [2.45, 2.75) is 53.1 Å². The Morgan fingerprint density at radius 3 is 2.50 bits per heavy atom. The standard InChI is InChI=1S/C15H28N2S/c1-7-11(2)17(6)9-8-16-13(4)15-10-12(3)18-14(15)5/h10-11,13,16H,7-9H2,1-6H3. The molecule has 0 saturated carbocycles. The molecule has 1 rings (SSSR count). The molecule has 1 heterocycles. The van der Waals surface area contributed by atoms with Crippen LogP contribution in [-0.4, -0.2) is 31.1 Å². The van der Waals surface area contributed by atoms with Crippen molar-refractivity contribution >= 4 is 11.3 Å². The third kappa shape index (κ3) is 4.38. The number of thiophene rings is 1. The quantitative estimate of drug-likeness (QED) is 0.810. The first-order chi connectivity index (χ1) is 8.45. The molecule has 18 heavy (non-hydrogen) atoms. The van der Waals surface area contributed by atoms with Crippen LogP contribution in [0.1, 0.15) is 48.6 Å². The van der Waals surface area contributed by atoms with E-state index in [9.17, 15) is 0 Å². The van der Waals surface area contributed by atoms with Gasteiger partial charge in [-0.2, -0.15) is 0 Å². The molecule has 0 aliphatic rings. The zero-order valence-electron chi connectivity index (χ0n) is 12.7. The molecule has 1 aromatic rings. The second-order valence-corrected chi connectivity index (χ2v) is 6.74. The van der Waals surface area contributed by atoms with E-state index in [4.69, 9.17) is 0 Å². The minimum atomic E-state index is 0.459. The third-order valence-electron chi connectivity index (χ3n) is 3.80. The van der Waals surface area contributed by atoms with Crippen LogP contribution in [0.2, 0.25) is 0 Å². The summed E-state index contributed by atoms with van der Waals surface area (Å²) in [5.74, 6) is 0. The second kappa shape index (κ2) is 7.27. The summed E-state index contributed by atoms with van der Waals surface area (Å²) in [6.45, 7) is 13.4. The SMILES string of the molecule is CCC(C)N(C)CCNC(C)c1cc(C)sc1C. The van der Waals surface area contributed by atoms with Gasteiger partial charge < -0.3 is 10.2 Å². The van der Waals surface area contributed by atoms with Crippen molar-refractivity contribution < 1.29 is 0 Å². The van der Waals surface area contributed by atoms with Crippen LogP contribution in [0.4, 0.5) is 0 Å². The Morgan fingerprint density at radius 1 is 1.33 bits per heavy atom. The number of aryl methyl sites for hydroxylation is 2. The third-order valence-corrected chi connectivity index (χ3v) is 4.79. The van der Waals surface area contributed by atoms with Crippen LogP contribution in [0.3, 0.4) is 0 Å². The Bertz CT molecular complexity index is 359. The summed E-state index contributed by atoms with van der Waals surface area (Å²) in [6.07, 6.45) is 1.22. The number of likely N-dealkylation sites (N-methyl/N-ethyl adjacent to an activating group) is 1. The maximum Gasteiger partial charge on any atom is 0.0303 e. The highest BCUT2D eigenvalue weighted by atomic mass is 32.1. The molecule has 0 aliphatic carbocycles. The summed E-state index contributed by atoms with van der Waals surface area (Å²) >= 11 is 1.90. The highest BCUT2D eigenvalue weighted by Crippen LogP contribution is 2.25. The van der Waals surface area contributed by atoms with Gasteiger partial charge in [0, 0.05) is 34.9 Å². The van der Waals surface area contributed by atoms with E-state index < -0.39 is 0 Å². The first-order valence-corrected chi connectivity index (χ1v) is 7.77. The lowest BCUT2D eigenvalue weighted by molar-refractivity contribution is 0.249. The van der Waals surface area contributed by atoms with E-state index in [0.717, 1.165) is 13.1 Å².